The molecule has 2 N–H and O–H groups in total. The molecule has 0 fully saturated rings. The molecule has 26 heavy (non-hydrogen) atoms. The van der Waals surface area contributed by atoms with E-state index in [9.17, 15) is 0 Å². The average molecular weight is 366 g/mol. The van der Waals surface area contributed by atoms with Crippen molar-refractivity contribution in [2.24, 2.45) is 4.99 Å². The van der Waals surface area contributed by atoms with Crippen molar-refractivity contribution < 1.29 is 4.74 Å². The van der Waals surface area contributed by atoms with Crippen LogP contribution >= 0.6 is 11.3 Å². The molecule has 5 nitrogen and oxygen atoms in total. The first-order valence-electron chi connectivity index (χ1n) is 8.41. The molecule has 0 unspecified atom stereocenters. The molecule has 0 aliphatic heterocycles. The fraction of sp³-hybridized carbons (Fsp3) is 0.200. The van der Waals surface area contributed by atoms with Crippen LogP contribution in [0.1, 0.15) is 16.7 Å². The van der Waals surface area contributed by atoms with Gasteiger partial charge in [0.05, 0.1) is 0 Å². The Morgan fingerprint density at radius 3 is 2.65 bits per heavy atom. The fourth-order valence-corrected chi connectivity index (χ4v) is 3.06. The van der Waals surface area contributed by atoms with Gasteiger partial charge >= 0.3 is 0 Å². The molecule has 1 aromatic carbocycles. The minimum absolute atomic E-state index is 0.496. The minimum atomic E-state index is 0.496. The number of benzene rings is 1. The Balaban J connectivity index is 1.55. The Labute approximate surface area is 157 Å². The van der Waals surface area contributed by atoms with E-state index in [0.717, 1.165) is 23.6 Å². The van der Waals surface area contributed by atoms with E-state index in [1.54, 1.807) is 24.6 Å². The maximum Gasteiger partial charge on any atom is 0.218 e. The molecule has 0 aliphatic carbocycles. The maximum absolute atomic E-state index is 5.90. The van der Waals surface area contributed by atoms with Gasteiger partial charge in [-0.3, -0.25) is 4.99 Å². The number of ether oxygens (including phenoxy) is 1. The second-order valence-corrected chi connectivity index (χ2v) is 6.43. The van der Waals surface area contributed by atoms with E-state index >= 15 is 0 Å². The van der Waals surface area contributed by atoms with Gasteiger partial charge in [-0.2, -0.15) is 11.3 Å². The molecule has 3 aromatic rings. The zero-order valence-corrected chi connectivity index (χ0v) is 15.5. The fourth-order valence-electron chi connectivity index (χ4n) is 2.39. The first-order valence-corrected chi connectivity index (χ1v) is 9.35. The van der Waals surface area contributed by atoms with Gasteiger partial charge in [0, 0.05) is 31.9 Å². The third kappa shape index (κ3) is 5.32. The molecule has 0 atom stereocenters. The molecule has 2 aromatic heterocycles. The van der Waals surface area contributed by atoms with Crippen molar-refractivity contribution >= 4 is 17.3 Å². The monoisotopic (exact) mass is 366 g/mol. The topological polar surface area (TPSA) is 58.5 Å². The van der Waals surface area contributed by atoms with Gasteiger partial charge in [-0.1, -0.05) is 36.4 Å². The number of nitrogens with zero attached hydrogens (tertiary/aromatic N) is 2. The Hall–Kier alpha value is -2.86. The number of rotatable bonds is 7. The van der Waals surface area contributed by atoms with Crippen LogP contribution in [0.15, 0.2) is 70.5 Å². The number of hydrogen-bond donors (Lipinski definition) is 2. The first-order chi connectivity index (χ1) is 12.8. The van der Waals surface area contributed by atoms with Crippen LogP contribution in [0.25, 0.3) is 0 Å². The summed E-state index contributed by atoms with van der Waals surface area (Å²) in [6.07, 6.45) is 1.74. The second-order valence-electron chi connectivity index (χ2n) is 5.65. The highest BCUT2D eigenvalue weighted by Gasteiger charge is 2.06. The highest BCUT2D eigenvalue weighted by molar-refractivity contribution is 7.07. The van der Waals surface area contributed by atoms with Gasteiger partial charge in [-0.25, -0.2) is 4.98 Å². The third-order valence-corrected chi connectivity index (χ3v) is 4.51. The van der Waals surface area contributed by atoms with Gasteiger partial charge in [-0.15, -0.1) is 0 Å². The number of thiophene rings is 1. The lowest BCUT2D eigenvalue weighted by atomic mass is 10.2. The summed E-state index contributed by atoms with van der Waals surface area (Å²) in [6, 6.07) is 16.1. The summed E-state index contributed by atoms with van der Waals surface area (Å²) in [5.41, 5.74) is 3.35. The van der Waals surface area contributed by atoms with Gasteiger partial charge < -0.3 is 15.4 Å². The first kappa shape index (κ1) is 17.9. The summed E-state index contributed by atoms with van der Waals surface area (Å²) in [6.45, 7) is 1.82. The maximum atomic E-state index is 5.90. The lowest BCUT2D eigenvalue weighted by molar-refractivity contribution is 0.290. The zero-order chi connectivity index (χ0) is 18.0. The van der Waals surface area contributed by atoms with E-state index in [2.05, 4.69) is 37.4 Å². The van der Waals surface area contributed by atoms with Crippen LogP contribution in [0.3, 0.4) is 0 Å². The number of pyridine rings is 1. The van der Waals surface area contributed by atoms with E-state index in [-0.39, 0.29) is 0 Å². The number of aliphatic imine (C=N–C) groups is 1. The van der Waals surface area contributed by atoms with E-state index < -0.39 is 0 Å². The van der Waals surface area contributed by atoms with Crippen LogP contribution in [0, 0.1) is 0 Å². The smallest absolute Gasteiger partial charge is 0.218 e. The molecule has 0 saturated heterocycles. The van der Waals surface area contributed by atoms with E-state index in [0.29, 0.717) is 19.0 Å². The summed E-state index contributed by atoms with van der Waals surface area (Å²) >= 11 is 1.69. The largest absolute Gasteiger partial charge is 0.473 e. The summed E-state index contributed by atoms with van der Waals surface area (Å²) in [5.74, 6) is 1.38. The van der Waals surface area contributed by atoms with Crippen LogP contribution in [-0.2, 0) is 19.7 Å². The SMILES string of the molecule is CN=C(NCc1ccsc1)NCc1cccnc1OCc1ccccc1. The quantitative estimate of drug-likeness (QED) is 0.496. The summed E-state index contributed by atoms with van der Waals surface area (Å²) in [7, 11) is 1.76. The Kier molecular flexibility index (Phi) is 6.61. The molecule has 0 amide bonds. The molecule has 134 valence electrons. The molecule has 0 aliphatic rings. The van der Waals surface area contributed by atoms with Crippen LogP contribution in [0.5, 0.6) is 5.88 Å². The number of nitrogens with one attached hydrogen (secondary N) is 2. The van der Waals surface area contributed by atoms with Gasteiger partial charge in [0.1, 0.15) is 6.61 Å². The standard InChI is InChI=1S/C20H22N4OS/c1-21-20(23-12-17-9-11-26-15-17)24-13-18-8-5-10-22-19(18)25-14-16-6-3-2-4-7-16/h2-11,15H,12-14H2,1H3,(H2,21,23,24). The van der Waals surface area contributed by atoms with E-state index in [1.165, 1.54) is 5.56 Å². The normalized spacial score (nSPS) is 11.2. The van der Waals surface area contributed by atoms with Gasteiger partial charge in [0.25, 0.3) is 0 Å². The lowest BCUT2D eigenvalue weighted by Crippen LogP contribution is -2.36. The predicted octanol–water partition coefficient (Wildman–Crippen LogP) is 3.59. The Morgan fingerprint density at radius 2 is 1.88 bits per heavy atom. The average Bonchev–Trinajstić information content (AvgIpc) is 3.21. The van der Waals surface area contributed by atoms with Crippen LogP contribution < -0.4 is 15.4 Å². The van der Waals surface area contributed by atoms with Crippen molar-refractivity contribution in [1.82, 2.24) is 15.6 Å². The molecule has 0 spiro atoms. The van der Waals surface area contributed by atoms with Gasteiger partial charge in [0.2, 0.25) is 5.88 Å². The highest BCUT2D eigenvalue weighted by atomic mass is 32.1. The number of aromatic nitrogens is 1. The van der Waals surface area contributed by atoms with Gasteiger partial charge in [-0.05, 0) is 34.0 Å². The van der Waals surface area contributed by atoms with Crippen molar-refractivity contribution in [1.29, 1.82) is 0 Å². The Bertz CT molecular complexity index is 819. The molecule has 2 heterocycles. The molecular formula is C20H22N4OS. The minimum Gasteiger partial charge on any atom is -0.473 e. The van der Waals surface area contributed by atoms with Crippen LogP contribution in [-0.4, -0.2) is 18.0 Å². The van der Waals surface area contributed by atoms with Crippen LogP contribution in [0.2, 0.25) is 0 Å². The summed E-state index contributed by atoms with van der Waals surface area (Å²) < 4.78 is 5.90. The number of guanidine groups is 1. The zero-order valence-electron chi connectivity index (χ0n) is 14.7. The van der Waals surface area contributed by atoms with Crippen molar-refractivity contribution in [2.45, 2.75) is 19.7 Å². The number of hydrogen-bond acceptors (Lipinski definition) is 4. The summed E-state index contributed by atoms with van der Waals surface area (Å²) in [5, 5.41) is 10.8. The molecule has 0 saturated carbocycles. The van der Waals surface area contributed by atoms with E-state index in [1.807, 2.05) is 42.5 Å². The highest BCUT2D eigenvalue weighted by Crippen LogP contribution is 2.16. The summed E-state index contributed by atoms with van der Waals surface area (Å²) in [4.78, 5) is 8.63. The molecule has 6 heteroatoms. The van der Waals surface area contributed by atoms with Crippen molar-refractivity contribution in [3.05, 3.63) is 82.2 Å². The lowest BCUT2D eigenvalue weighted by Gasteiger charge is -2.14. The molecule has 0 radical (unpaired) electrons. The van der Waals surface area contributed by atoms with Crippen LogP contribution in [0.4, 0.5) is 0 Å². The molecular weight excluding hydrogens is 344 g/mol. The van der Waals surface area contributed by atoms with E-state index in [4.69, 9.17) is 4.74 Å². The predicted molar refractivity (Wildman–Crippen MR) is 106 cm³/mol. The molecule has 3 rings (SSSR count). The van der Waals surface area contributed by atoms with Gasteiger partial charge in [0.15, 0.2) is 5.96 Å². The van der Waals surface area contributed by atoms with Crippen molar-refractivity contribution in [3.63, 3.8) is 0 Å². The Morgan fingerprint density at radius 1 is 1.04 bits per heavy atom. The third-order valence-electron chi connectivity index (χ3n) is 3.78. The van der Waals surface area contributed by atoms with Crippen molar-refractivity contribution in [3.8, 4) is 5.88 Å². The van der Waals surface area contributed by atoms with Crippen molar-refractivity contribution in [2.75, 3.05) is 7.05 Å². The second kappa shape index (κ2) is 9.58. The molecule has 0 bridgehead atoms.